The Morgan fingerprint density at radius 1 is 0.962 bits per heavy atom. The lowest BCUT2D eigenvalue weighted by atomic mass is 9.91. The molecule has 1 fully saturated rings. The molecule has 1 aliphatic heterocycles. The van der Waals surface area contributed by atoms with Gasteiger partial charge in [0.25, 0.3) is 0 Å². The average Bonchev–Trinajstić information content (AvgIpc) is 2.93. The van der Waals surface area contributed by atoms with E-state index >= 15 is 0 Å². The largest absolute Gasteiger partial charge is 0.464 e. The molecular weight excluding hydrogens is 366 g/mol. The lowest BCUT2D eigenvalue weighted by molar-refractivity contribution is -0.144. The molecule has 3 rings (SSSR count). The summed E-state index contributed by atoms with van der Waals surface area (Å²) >= 11 is 2.01. The molecule has 0 aliphatic carbocycles. The quantitative estimate of drug-likeness (QED) is 0.689. The topological polar surface area (TPSA) is 29.5 Å². The van der Waals surface area contributed by atoms with E-state index in [-0.39, 0.29) is 24.3 Å². The van der Waals surface area contributed by atoms with E-state index in [0.29, 0.717) is 6.61 Å². The first-order valence-electron chi connectivity index (χ1n) is 8.91. The summed E-state index contributed by atoms with van der Waals surface area (Å²) in [5.41, 5.74) is 1.95. The highest BCUT2D eigenvalue weighted by molar-refractivity contribution is 7.99. The van der Waals surface area contributed by atoms with Gasteiger partial charge in [-0.3, -0.25) is 9.69 Å². The molecule has 26 heavy (non-hydrogen) atoms. The summed E-state index contributed by atoms with van der Waals surface area (Å²) in [6.07, 6.45) is 1.22. The monoisotopic (exact) mass is 391 g/mol. The minimum absolute atomic E-state index is 0. The Kier molecular flexibility index (Phi) is 9.02. The molecule has 2 aromatic rings. The fourth-order valence-electron chi connectivity index (χ4n) is 3.14. The molecule has 1 aliphatic rings. The zero-order valence-corrected chi connectivity index (χ0v) is 16.5. The highest BCUT2D eigenvalue weighted by atomic mass is 35.5. The fraction of sp³-hybridized carbons (Fsp3) is 0.381. The molecule has 5 heteroatoms. The van der Waals surface area contributed by atoms with E-state index in [1.807, 2.05) is 72.4 Å². The van der Waals surface area contributed by atoms with E-state index < -0.39 is 0 Å². The maximum atomic E-state index is 12.8. The molecule has 0 aromatic heterocycles. The molecular formula is C21H26ClNO2S. The number of carbonyl (C=O) groups is 1. The first-order chi connectivity index (χ1) is 12.3. The van der Waals surface area contributed by atoms with Gasteiger partial charge >= 0.3 is 5.97 Å². The molecule has 0 saturated carbocycles. The van der Waals surface area contributed by atoms with E-state index in [2.05, 4.69) is 4.90 Å². The highest BCUT2D eigenvalue weighted by Gasteiger charge is 2.24. The Bertz CT molecular complexity index is 606. The first kappa shape index (κ1) is 20.8. The van der Waals surface area contributed by atoms with Gasteiger partial charge in [-0.05, 0) is 29.8 Å². The van der Waals surface area contributed by atoms with Crippen LogP contribution in [0.4, 0.5) is 0 Å². The predicted molar refractivity (Wildman–Crippen MR) is 111 cm³/mol. The standard InChI is InChI=1S/C21H25NO2S.ClH/c23-21(24-15-13-22-12-7-16-25-17-14-22)20(18-8-3-1-4-9-18)19-10-5-2-6-11-19;/h1-6,8-11,20H,7,12-17H2;1H. The Balaban J connectivity index is 0.00000243. The Morgan fingerprint density at radius 2 is 1.58 bits per heavy atom. The number of esters is 1. The number of benzene rings is 2. The maximum absolute atomic E-state index is 12.8. The molecule has 0 bridgehead atoms. The normalized spacial score (nSPS) is 15.1. The van der Waals surface area contributed by atoms with Crippen LogP contribution in [0.3, 0.4) is 0 Å². The molecule has 0 spiro atoms. The third-order valence-electron chi connectivity index (χ3n) is 4.47. The van der Waals surface area contributed by atoms with Gasteiger partial charge < -0.3 is 4.74 Å². The van der Waals surface area contributed by atoms with Gasteiger partial charge in [0.2, 0.25) is 0 Å². The van der Waals surface area contributed by atoms with Crippen LogP contribution in [0.1, 0.15) is 23.5 Å². The van der Waals surface area contributed by atoms with Crippen LogP contribution in [-0.4, -0.2) is 48.6 Å². The van der Waals surface area contributed by atoms with Crippen molar-refractivity contribution in [1.82, 2.24) is 4.90 Å². The minimum Gasteiger partial charge on any atom is -0.464 e. The Labute approximate surface area is 166 Å². The van der Waals surface area contributed by atoms with Crippen LogP contribution in [0.25, 0.3) is 0 Å². The Hall–Kier alpha value is -1.49. The first-order valence-corrected chi connectivity index (χ1v) is 10.1. The molecule has 2 aromatic carbocycles. The zero-order chi connectivity index (χ0) is 17.3. The molecule has 3 nitrogen and oxygen atoms in total. The third-order valence-corrected chi connectivity index (χ3v) is 5.52. The summed E-state index contributed by atoms with van der Waals surface area (Å²) in [5.74, 6) is 1.88. The van der Waals surface area contributed by atoms with Crippen molar-refractivity contribution in [1.29, 1.82) is 0 Å². The Morgan fingerprint density at radius 3 is 2.19 bits per heavy atom. The van der Waals surface area contributed by atoms with Crippen molar-refractivity contribution in [2.75, 3.05) is 37.7 Å². The molecule has 0 amide bonds. The number of thioether (sulfide) groups is 1. The number of hydrogen-bond donors (Lipinski definition) is 0. The number of ether oxygens (including phenoxy) is 1. The van der Waals surface area contributed by atoms with Gasteiger partial charge in [0.05, 0.1) is 0 Å². The molecule has 1 saturated heterocycles. The molecule has 0 N–H and O–H groups in total. The summed E-state index contributed by atoms with van der Waals surface area (Å²) in [7, 11) is 0. The molecule has 140 valence electrons. The van der Waals surface area contributed by atoms with E-state index in [1.54, 1.807) is 0 Å². The SMILES string of the molecule is Cl.O=C(OCCN1CCCSCC1)C(c1ccccc1)c1ccccc1. The third kappa shape index (κ3) is 6.04. The van der Waals surface area contributed by atoms with Crippen LogP contribution in [0.15, 0.2) is 60.7 Å². The number of hydrogen-bond acceptors (Lipinski definition) is 4. The molecule has 0 unspecified atom stereocenters. The van der Waals surface area contributed by atoms with Gasteiger partial charge in [0.1, 0.15) is 12.5 Å². The predicted octanol–water partition coefficient (Wildman–Crippen LogP) is 4.22. The van der Waals surface area contributed by atoms with Crippen LogP contribution in [-0.2, 0) is 9.53 Å². The lowest BCUT2D eigenvalue weighted by Gasteiger charge is -2.21. The van der Waals surface area contributed by atoms with Gasteiger partial charge in [0, 0.05) is 18.8 Å². The highest BCUT2D eigenvalue weighted by Crippen LogP contribution is 2.25. The van der Waals surface area contributed by atoms with Crippen molar-refractivity contribution in [3.05, 3.63) is 71.8 Å². The smallest absolute Gasteiger partial charge is 0.317 e. The lowest BCUT2D eigenvalue weighted by Crippen LogP contribution is -2.31. The summed E-state index contributed by atoms with van der Waals surface area (Å²) in [4.78, 5) is 15.2. The summed E-state index contributed by atoms with van der Waals surface area (Å²) < 4.78 is 5.67. The maximum Gasteiger partial charge on any atom is 0.317 e. The molecule has 0 radical (unpaired) electrons. The van der Waals surface area contributed by atoms with Crippen molar-refractivity contribution >= 4 is 30.1 Å². The van der Waals surface area contributed by atoms with E-state index in [1.165, 1.54) is 17.9 Å². The summed E-state index contributed by atoms with van der Waals surface area (Å²) in [6, 6.07) is 19.8. The van der Waals surface area contributed by atoms with Crippen molar-refractivity contribution in [2.24, 2.45) is 0 Å². The van der Waals surface area contributed by atoms with Gasteiger partial charge in [0.15, 0.2) is 0 Å². The second-order valence-corrected chi connectivity index (χ2v) is 7.45. The second kappa shape index (κ2) is 11.3. The average molecular weight is 392 g/mol. The van der Waals surface area contributed by atoms with Crippen LogP contribution in [0.5, 0.6) is 0 Å². The van der Waals surface area contributed by atoms with Crippen molar-refractivity contribution in [3.63, 3.8) is 0 Å². The number of rotatable bonds is 6. The van der Waals surface area contributed by atoms with E-state index in [4.69, 9.17) is 4.74 Å². The summed E-state index contributed by atoms with van der Waals surface area (Å²) in [5, 5.41) is 0. The molecule has 1 heterocycles. The molecule has 0 atom stereocenters. The van der Waals surface area contributed by atoms with E-state index in [0.717, 1.165) is 30.8 Å². The number of carbonyl (C=O) groups excluding carboxylic acids is 1. The zero-order valence-electron chi connectivity index (χ0n) is 14.9. The fourth-order valence-corrected chi connectivity index (χ4v) is 4.06. The van der Waals surface area contributed by atoms with E-state index in [9.17, 15) is 4.79 Å². The van der Waals surface area contributed by atoms with Crippen LogP contribution < -0.4 is 0 Å². The van der Waals surface area contributed by atoms with Gasteiger partial charge in [-0.1, -0.05) is 60.7 Å². The number of nitrogens with zero attached hydrogens (tertiary/aromatic N) is 1. The van der Waals surface area contributed by atoms with Crippen LogP contribution >= 0.6 is 24.2 Å². The van der Waals surface area contributed by atoms with Gasteiger partial charge in [-0.2, -0.15) is 11.8 Å². The van der Waals surface area contributed by atoms with Gasteiger partial charge in [-0.15, -0.1) is 12.4 Å². The number of halogens is 1. The van der Waals surface area contributed by atoms with Crippen molar-refractivity contribution < 1.29 is 9.53 Å². The van der Waals surface area contributed by atoms with Gasteiger partial charge in [-0.25, -0.2) is 0 Å². The summed E-state index contributed by atoms with van der Waals surface area (Å²) in [6.45, 7) is 3.47. The minimum atomic E-state index is -0.359. The second-order valence-electron chi connectivity index (χ2n) is 6.23. The van der Waals surface area contributed by atoms with Crippen molar-refractivity contribution in [2.45, 2.75) is 12.3 Å². The van der Waals surface area contributed by atoms with Crippen LogP contribution in [0.2, 0.25) is 0 Å². The van der Waals surface area contributed by atoms with Crippen LogP contribution in [0, 0.1) is 0 Å². The van der Waals surface area contributed by atoms with Crippen molar-refractivity contribution in [3.8, 4) is 0 Å².